The summed E-state index contributed by atoms with van der Waals surface area (Å²) in [6.45, 7) is -1.51. The molecule has 0 radical (unpaired) electrons. The highest BCUT2D eigenvalue weighted by Crippen LogP contribution is 2.03. The zero-order valence-electron chi connectivity index (χ0n) is 11.0. The second kappa shape index (κ2) is 9.56. The second-order valence-corrected chi connectivity index (χ2v) is 4.72. The van der Waals surface area contributed by atoms with Gasteiger partial charge in [0, 0.05) is 0 Å². The highest BCUT2D eigenvalue weighted by molar-refractivity contribution is 4.88. The van der Waals surface area contributed by atoms with Crippen molar-refractivity contribution in [3.63, 3.8) is 0 Å². The van der Waals surface area contributed by atoms with Gasteiger partial charge in [-0.05, 0) is 19.5 Å². The van der Waals surface area contributed by atoms with Gasteiger partial charge in [-0.25, -0.2) is 0 Å². The van der Waals surface area contributed by atoms with E-state index in [1.54, 1.807) is 0 Å². The minimum atomic E-state index is -1.11. The van der Waals surface area contributed by atoms with Gasteiger partial charge in [-0.15, -0.1) is 0 Å². The topological polar surface area (TPSA) is 145 Å². The van der Waals surface area contributed by atoms with Crippen molar-refractivity contribution in [1.29, 1.82) is 0 Å². The minimum Gasteiger partial charge on any atom is -0.394 e. The molecule has 116 valence electrons. The third-order valence-electron chi connectivity index (χ3n) is 3.17. The molecule has 0 saturated heterocycles. The normalized spacial score (nSPS) is 12.9. The Morgan fingerprint density at radius 2 is 0.789 bits per heavy atom. The summed E-state index contributed by atoms with van der Waals surface area (Å²) in [5.41, 5.74) is -2.22. The Kier molecular flexibility index (Phi) is 9.40. The van der Waals surface area contributed by atoms with E-state index in [-0.39, 0.29) is 39.6 Å². The molecule has 0 fully saturated rings. The summed E-state index contributed by atoms with van der Waals surface area (Å²) in [5.74, 6) is 0. The molecule has 8 nitrogen and oxygen atoms in total. The maximum atomic E-state index is 9.08. The molecule has 19 heavy (non-hydrogen) atoms. The van der Waals surface area contributed by atoms with Crippen molar-refractivity contribution in [3.05, 3.63) is 0 Å². The summed E-state index contributed by atoms with van der Waals surface area (Å²) in [4.78, 5) is 0. The summed E-state index contributed by atoms with van der Waals surface area (Å²) in [5, 5.41) is 60.2. The predicted octanol–water partition coefficient (Wildman–Crippen LogP) is -4.01. The zero-order valence-corrected chi connectivity index (χ0v) is 11.0. The zero-order chi connectivity index (χ0) is 14.8. The number of hydrogen-bond acceptors (Lipinski definition) is 8. The number of nitrogens with one attached hydrogen (secondary N) is 2. The molecule has 0 rings (SSSR count). The van der Waals surface area contributed by atoms with Crippen LogP contribution in [0.4, 0.5) is 0 Å². The van der Waals surface area contributed by atoms with E-state index in [9.17, 15) is 0 Å². The molecule has 0 aromatic rings. The molecule has 0 bridgehead atoms. The monoisotopic (exact) mass is 282 g/mol. The molecule has 0 amide bonds. The van der Waals surface area contributed by atoms with Crippen molar-refractivity contribution in [2.24, 2.45) is 0 Å². The first-order valence-electron chi connectivity index (χ1n) is 6.23. The van der Waals surface area contributed by atoms with Crippen molar-refractivity contribution in [3.8, 4) is 0 Å². The molecule has 0 heterocycles. The lowest BCUT2D eigenvalue weighted by atomic mass is 10.0. The van der Waals surface area contributed by atoms with Gasteiger partial charge < -0.3 is 41.3 Å². The fraction of sp³-hybridized carbons (Fsp3) is 1.00. The van der Waals surface area contributed by atoms with Crippen LogP contribution in [0.15, 0.2) is 0 Å². The fourth-order valence-electron chi connectivity index (χ4n) is 1.43. The van der Waals surface area contributed by atoms with Crippen molar-refractivity contribution in [2.75, 3.05) is 52.7 Å². The van der Waals surface area contributed by atoms with Gasteiger partial charge in [-0.1, -0.05) is 0 Å². The van der Waals surface area contributed by atoms with Crippen LogP contribution in [0.3, 0.4) is 0 Å². The van der Waals surface area contributed by atoms with E-state index < -0.39 is 11.1 Å². The van der Waals surface area contributed by atoms with Crippen LogP contribution in [0.25, 0.3) is 0 Å². The third kappa shape index (κ3) is 5.67. The highest BCUT2D eigenvalue weighted by Gasteiger charge is 2.28. The fourth-order valence-corrected chi connectivity index (χ4v) is 1.43. The Balaban J connectivity index is 3.98. The number of aliphatic hydroxyl groups excluding tert-OH is 6. The number of rotatable bonds is 12. The Hall–Kier alpha value is -0.320. The van der Waals surface area contributed by atoms with Crippen LogP contribution in [0, 0.1) is 0 Å². The Labute approximate surface area is 112 Å². The van der Waals surface area contributed by atoms with E-state index in [0.29, 0.717) is 19.5 Å². The summed E-state index contributed by atoms with van der Waals surface area (Å²) < 4.78 is 0. The van der Waals surface area contributed by atoms with Crippen LogP contribution in [-0.4, -0.2) is 94.4 Å². The predicted molar refractivity (Wildman–Crippen MR) is 68.6 cm³/mol. The van der Waals surface area contributed by atoms with Crippen LogP contribution in [0.1, 0.15) is 6.42 Å². The first-order chi connectivity index (χ1) is 9.07. The van der Waals surface area contributed by atoms with Gasteiger partial charge in [-0.2, -0.15) is 0 Å². The summed E-state index contributed by atoms with van der Waals surface area (Å²) in [7, 11) is 0. The van der Waals surface area contributed by atoms with E-state index in [4.69, 9.17) is 30.6 Å². The molecule has 0 saturated carbocycles. The molecule has 0 atom stereocenters. The maximum Gasteiger partial charge on any atom is 0.0881 e. The molecule has 0 aromatic carbocycles. The van der Waals surface area contributed by atoms with Crippen molar-refractivity contribution >= 4 is 0 Å². The summed E-state index contributed by atoms with van der Waals surface area (Å²) in [6, 6.07) is 0. The van der Waals surface area contributed by atoms with Crippen LogP contribution in [0.5, 0.6) is 0 Å². The maximum absolute atomic E-state index is 9.08. The van der Waals surface area contributed by atoms with Gasteiger partial charge in [-0.3, -0.25) is 0 Å². The van der Waals surface area contributed by atoms with Gasteiger partial charge in [0.05, 0.1) is 50.7 Å². The molecule has 0 aromatic heterocycles. The van der Waals surface area contributed by atoms with Gasteiger partial charge >= 0.3 is 0 Å². The Bertz CT molecular complexity index is 183. The third-order valence-corrected chi connectivity index (χ3v) is 3.17. The number of hydrogen-bond donors (Lipinski definition) is 8. The van der Waals surface area contributed by atoms with Gasteiger partial charge in [0.15, 0.2) is 0 Å². The van der Waals surface area contributed by atoms with Crippen LogP contribution < -0.4 is 10.6 Å². The van der Waals surface area contributed by atoms with Crippen LogP contribution in [-0.2, 0) is 0 Å². The first kappa shape index (κ1) is 18.7. The average Bonchev–Trinajstić information content (AvgIpc) is 2.48. The summed E-state index contributed by atoms with van der Waals surface area (Å²) >= 11 is 0. The van der Waals surface area contributed by atoms with Crippen LogP contribution in [0.2, 0.25) is 0 Å². The smallest absolute Gasteiger partial charge is 0.0881 e. The molecule has 0 spiro atoms. The highest BCUT2D eigenvalue weighted by atomic mass is 16.3. The molecular weight excluding hydrogens is 256 g/mol. The standard InChI is InChI=1S/C11H26N2O6/c14-4-10(5-15,6-16)12-2-1-3-13-11(7-17,8-18)9-19/h12-19H,1-9H2. The Morgan fingerprint density at radius 3 is 1.00 bits per heavy atom. The lowest BCUT2D eigenvalue weighted by Gasteiger charge is -2.30. The summed E-state index contributed by atoms with van der Waals surface area (Å²) in [6.07, 6.45) is 0.559. The van der Waals surface area contributed by atoms with Crippen LogP contribution >= 0.6 is 0 Å². The van der Waals surface area contributed by atoms with Crippen molar-refractivity contribution < 1.29 is 30.6 Å². The SMILES string of the molecule is OCC(CO)(CO)NCCCNC(CO)(CO)CO. The molecule has 0 aliphatic heterocycles. The lowest BCUT2D eigenvalue weighted by molar-refractivity contribution is 0.0378. The molecule has 0 aliphatic rings. The van der Waals surface area contributed by atoms with Gasteiger partial charge in [0.1, 0.15) is 0 Å². The molecule has 0 aliphatic carbocycles. The van der Waals surface area contributed by atoms with E-state index in [1.807, 2.05) is 0 Å². The van der Waals surface area contributed by atoms with Gasteiger partial charge in [0.2, 0.25) is 0 Å². The molecule has 8 heteroatoms. The minimum absolute atomic E-state index is 0.388. The van der Waals surface area contributed by atoms with Crippen molar-refractivity contribution in [2.45, 2.75) is 17.5 Å². The number of aliphatic hydroxyl groups is 6. The van der Waals surface area contributed by atoms with Crippen molar-refractivity contribution in [1.82, 2.24) is 10.6 Å². The average molecular weight is 282 g/mol. The van der Waals surface area contributed by atoms with E-state index in [1.165, 1.54) is 0 Å². The largest absolute Gasteiger partial charge is 0.394 e. The molecule has 0 unspecified atom stereocenters. The van der Waals surface area contributed by atoms with E-state index in [2.05, 4.69) is 10.6 Å². The molecule has 8 N–H and O–H groups in total. The van der Waals surface area contributed by atoms with E-state index in [0.717, 1.165) is 0 Å². The Morgan fingerprint density at radius 1 is 0.526 bits per heavy atom. The lowest BCUT2D eigenvalue weighted by Crippen LogP contribution is -2.57. The van der Waals surface area contributed by atoms with E-state index >= 15 is 0 Å². The quantitative estimate of drug-likeness (QED) is 0.169. The van der Waals surface area contributed by atoms with Gasteiger partial charge in [0.25, 0.3) is 0 Å². The molecular formula is C11H26N2O6. The first-order valence-corrected chi connectivity index (χ1v) is 6.23. The second-order valence-electron chi connectivity index (χ2n) is 4.72.